The zero-order valence-corrected chi connectivity index (χ0v) is 11.9. The Bertz CT molecular complexity index is 421. The summed E-state index contributed by atoms with van der Waals surface area (Å²) in [4.78, 5) is 1.53. The molecule has 1 fully saturated rings. The maximum atomic E-state index is 6.20. The van der Waals surface area contributed by atoms with Crippen LogP contribution in [0.5, 0.6) is 0 Å². The molecule has 98 valence electrons. The Labute approximate surface area is 115 Å². The Morgan fingerprint density at radius 1 is 1.11 bits per heavy atom. The van der Waals surface area contributed by atoms with Gasteiger partial charge in [0.15, 0.2) is 0 Å². The predicted octanol–water partition coefficient (Wildman–Crippen LogP) is 3.89. The van der Waals surface area contributed by atoms with Crippen LogP contribution in [0.4, 0.5) is 0 Å². The monoisotopic (exact) mass is 261 g/mol. The molecule has 2 heteroatoms. The number of hydrogen-bond donors (Lipinski definition) is 1. The lowest BCUT2D eigenvalue weighted by Gasteiger charge is -2.39. The van der Waals surface area contributed by atoms with E-state index < -0.39 is 0 Å². The summed E-state index contributed by atoms with van der Waals surface area (Å²) in [6, 6.07) is 6.91. The lowest BCUT2D eigenvalue weighted by atomic mass is 9.68. The Morgan fingerprint density at radius 3 is 2.72 bits per heavy atom. The summed E-state index contributed by atoms with van der Waals surface area (Å²) in [6.07, 6.45) is 9.29. The van der Waals surface area contributed by atoms with Crippen molar-refractivity contribution in [3.05, 3.63) is 29.3 Å². The second-order valence-corrected chi connectivity index (χ2v) is 6.92. The van der Waals surface area contributed by atoms with E-state index in [0.717, 1.165) is 6.54 Å². The van der Waals surface area contributed by atoms with Gasteiger partial charge in [-0.1, -0.05) is 31.4 Å². The molecule has 0 saturated heterocycles. The number of benzene rings is 1. The first-order chi connectivity index (χ1) is 8.86. The molecule has 1 aromatic rings. The van der Waals surface area contributed by atoms with Gasteiger partial charge in [0.1, 0.15) is 0 Å². The van der Waals surface area contributed by atoms with Gasteiger partial charge in [-0.3, -0.25) is 0 Å². The van der Waals surface area contributed by atoms with Crippen molar-refractivity contribution in [3.63, 3.8) is 0 Å². The van der Waals surface area contributed by atoms with Gasteiger partial charge in [0, 0.05) is 16.9 Å². The molecule has 0 atom stereocenters. The van der Waals surface area contributed by atoms with E-state index in [4.69, 9.17) is 5.73 Å². The van der Waals surface area contributed by atoms with Crippen LogP contribution in [0.15, 0.2) is 23.1 Å². The average Bonchev–Trinajstić information content (AvgIpc) is 2.47. The fraction of sp³-hybridized carbons (Fsp3) is 0.625. The molecular weight excluding hydrogens is 238 g/mol. The molecule has 2 N–H and O–H groups in total. The molecule has 0 unspecified atom stereocenters. The molecule has 0 spiro atoms. The summed E-state index contributed by atoms with van der Waals surface area (Å²) in [7, 11) is 0. The maximum absolute atomic E-state index is 6.20. The molecule has 1 aromatic carbocycles. The van der Waals surface area contributed by atoms with Crippen LogP contribution in [0, 0.1) is 0 Å². The van der Waals surface area contributed by atoms with Crippen molar-refractivity contribution in [1.82, 2.24) is 0 Å². The van der Waals surface area contributed by atoms with Crippen LogP contribution in [-0.2, 0) is 11.8 Å². The molecule has 0 radical (unpaired) electrons. The van der Waals surface area contributed by atoms with Crippen LogP contribution in [0.1, 0.15) is 49.7 Å². The second kappa shape index (κ2) is 5.26. The highest BCUT2D eigenvalue weighted by molar-refractivity contribution is 7.99. The van der Waals surface area contributed by atoms with E-state index in [2.05, 4.69) is 18.2 Å². The van der Waals surface area contributed by atoms with E-state index in [-0.39, 0.29) is 0 Å². The van der Waals surface area contributed by atoms with E-state index in [1.807, 2.05) is 11.8 Å². The van der Waals surface area contributed by atoms with Gasteiger partial charge in [0.25, 0.3) is 0 Å². The van der Waals surface area contributed by atoms with Gasteiger partial charge in [0.05, 0.1) is 0 Å². The lowest BCUT2D eigenvalue weighted by Crippen LogP contribution is -2.38. The fourth-order valence-electron chi connectivity index (χ4n) is 3.70. The SMILES string of the molecule is NCC1(c2cccc3c2CCCS3)CCCCC1. The molecule has 1 saturated carbocycles. The van der Waals surface area contributed by atoms with Crippen LogP contribution < -0.4 is 5.73 Å². The molecular formula is C16H23NS. The Hall–Kier alpha value is -0.470. The van der Waals surface area contributed by atoms with Gasteiger partial charge in [-0.25, -0.2) is 0 Å². The smallest absolute Gasteiger partial charge is 0.0107 e. The number of hydrogen-bond acceptors (Lipinski definition) is 2. The van der Waals surface area contributed by atoms with Crippen molar-refractivity contribution < 1.29 is 0 Å². The van der Waals surface area contributed by atoms with E-state index >= 15 is 0 Å². The standard InChI is InChI=1S/C16H23NS/c17-12-16(9-2-1-3-10-16)14-7-4-8-15-13(14)6-5-11-18-15/h4,7-8H,1-3,5-6,9-12,17H2. The fourth-order valence-corrected chi connectivity index (χ4v) is 4.77. The molecule has 0 aromatic heterocycles. The minimum Gasteiger partial charge on any atom is -0.330 e. The van der Waals surface area contributed by atoms with Gasteiger partial charge in [-0.05, 0) is 48.6 Å². The van der Waals surface area contributed by atoms with Crippen LogP contribution >= 0.6 is 11.8 Å². The summed E-state index contributed by atoms with van der Waals surface area (Å²) < 4.78 is 0. The Kier molecular flexibility index (Phi) is 3.67. The maximum Gasteiger partial charge on any atom is 0.0107 e. The molecule has 1 nitrogen and oxygen atoms in total. The third kappa shape index (κ3) is 2.10. The third-order valence-electron chi connectivity index (χ3n) is 4.73. The minimum absolute atomic E-state index is 0.293. The van der Waals surface area contributed by atoms with Crippen molar-refractivity contribution in [1.29, 1.82) is 0 Å². The first-order valence-electron chi connectivity index (χ1n) is 7.31. The second-order valence-electron chi connectivity index (χ2n) is 5.78. The van der Waals surface area contributed by atoms with Crippen molar-refractivity contribution in [3.8, 4) is 0 Å². The molecule has 2 aliphatic rings. The average molecular weight is 261 g/mol. The number of fused-ring (bicyclic) bond motifs is 1. The first-order valence-corrected chi connectivity index (χ1v) is 8.29. The molecule has 0 bridgehead atoms. The highest BCUT2D eigenvalue weighted by Crippen LogP contribution is 2.43. The Morgan fingerprint density at radius 2 is 1.94 bits per heavy atom. The van der Waals surface area contributed by atoms with Crippen molar-refractivity contribution in [2.45, 2.75) is 55.3 Å². The van der Waals surface area contributed by atoms with Gasteiger partial charge in [-0.15, -0.1) is 11.8 Å². The number of nitrogens with two attached hydrogens (primary N) is 1. The van der Waals surface area contributed by atoms with Gasteiger partial charge in [-0.2, -0.15) is 0 Å². The van der Waals surface area contributed by atoms with Crippen LogP contribution in [-0.4, -0.2) is 12.3 Å². The predicted molar refractivity (Wildman–Crippen MR) is 79.3 cm³/mol. The quantitative estimate of drug-likeness (QED) is 0.874. The van der Waals surface area contributed by atoms with Crippen LogP contribution in [0.3, 0.4) is 0 Å². The summed E-state index contributed by atoms with van der Waals surface area (Å²) in [5, 5.41) is 0. The minimum atomic E-state index is 0.293. The summed E-state index contributed by atoms with van der Waals surface area (Å²) >= 11 is 2.04. The van der Waals surface area contributed by atoms with E-state index in [1.54, 1.807) is 11.1 Å². The molecule has 0 amide bonds. The van der Waals surface area contributed by atoms with Crippen LogP contribution in [0.2, 0.25) is 0 Å². The number of thioether (sulfide) groups is 1. The van der Waals surface area contributed by atoms with Gasteiger partial charge >= 0.3 is 0 Å². The zero-order chi connectivity index (χ0) is 12.4. The topological polar surface area (TPSA) is 26.0 Å². The van der Waals surface area contributed by atoms with Gasteiger partial charge in [0.2, 0.25) is 0 Å². The van der Waals surface area contributed by atoms with E-state index in [0.29, 0.717) is 5.41 Å². The third-order valence-corrected chi connectivity index (χ3v) is 5.92. The summed E-state index contributed by atoms with van der Waals surface area (Å²) in [6.45, 7) is 0.828. The largest absolute Gasteiger partial charge is 0.330 e. The molecule has 18 heavy (non-hydrogen) atoms. The summed E-state index contributed by atoms with van der Waals surface area (Å²) in [5.74, 6) is 1.28. The van der Waals surface area contributed by atoms with Crippen molar-refractivity contribution in [2.75, 3.05) is 12.3 Å². The molecule has 1 aliphatic heterocycles. The first kappa shape index (κ1) is 12.6. The molecule has 1 heterocycles. The van der Waals surface area contributed by atoms with Crippen LogP contribution in [0.25, 0.3) is 0 Å². The van der Waals surface area contributed by atoms with Crippen molar-refractivity contribution in [2.24, 2.45) is 5.73 Å². The van der Waals surface area contributed by atoms with E-state index in [1.165, 1.54) is 55.6 Å². The Balaban J connectivity index is 2.04. The lowest BCUT2D eigenvalue weighted by molar-refractivity contribution is 0.298. The molecule has 1 aliphatic carbocycles. The summed E-state index contributed by atoms with van der Waals surface area (Å²) in [5.41, 5.74) is 9.71. The molecule has 3 rings (SSSR count). The number of rotatable bonds is 2. The normalized spacial score (nSPS) is 22.5. The highest BCUT2D eigenvalue weighted by atomic mass is 32.2. The van der Waals surface area contributed by atoms with Crippen molar-refractivity contribution >= 4 is 11.8 Å². The van der Waals surface area contributed by atoms with Gasteiger partial charge < -0.3 is 5.73 Å². The van der Waals surface area contributed by atoms with E-state index in [9.17, 15) is 0 Å². The highest BCUT2D eigenvalue weighted by Gasteiger charge is 2.35. The zero-order valence-electron chi connectivity index (χ0n) is 11.1.